The van der Waals surface area contributed by atoms with E-state index in [4.69, 9.17) is 0 Å². The summed E-state index contributed by atoms with van der Waals surface area (Å²) in [6, 6.07) is 3.93. The minimum atomic E-state index is 0.335. The van der Waals surface area contributed by atoms with Crippen LogP contribution < -0.4 is 5.32 Å². The van der Waals surface area contributed by atoms with Crippen molar-refractivity contribution in [3.63, 3.8) is 0 Å². The van der Waals surface area contributed by atoms with E-state index in [1.807, 2.05) is 12.1 Å². The number of Topliss-reactive ketones (excluding diaryl/α,β-unsaturated/α-hetero) is 1. The number of aryl methyl sites for hydroxylation is 1. The van der Waals surface area contributed by atoms with E-state index in [1.54, 1.807) is 6.20 Å². The van der Waals surface area contributed by atoms with Gasteiger partial charge in [-0.25, -0.2) is 4.98 Å². The molecule has 0 aliphatic carbocycles. The molecule has 0 atom stereocenters. The minimum absolute atomic E-state index is 0.335. The largest absolute Gasteiger partial charge is 0.369 e. The fraction of sp³-hybridized carbons (Fsp3) is 0.400. The SMILES string of the molecule is O=C1CCNc2ncccc2CC1. The van der Waals surface area contributed by atoms with E-state index in [2.05, 4.69) is 10.3 Å². The third-order valence-electron chi connectivity index (χ3n) is 2.26. The van der Waals surface area contributed by atoms with Crippen LogP contribution in [0.1, 0.15) is 18.4 Å². The third kappa shape index (κ3) is 1.86. The Morgan fingerprint density at radius 1 is 1.31 bits per heavy atom. The van der Waals surface area contributed by atoms with Crippen molar-refractivity contribution in [1.82, 2.24) is 4.98 Å². The van der Waals surface area contributed by atoms with Crippen LogP contribution in [0, 0.1) is 0 Å². The number of aromatic nitrogens is 1. The molecule has 0 spiro atoms. The Morgan fingerprint density at radius 3 is 3.15 bits per heavy atom. The van der Waals surface area contributed by atoms with Crippen LogP contribution in [0.5, 0.6) is 0 Å². The number of hydrogen-bond acceptors (Lipinski definition) is 3. The molecule has 0 fully saturated rings. The topological polar surface area (TPSA) is 42.0 Å². The zero-order valence-electron chi connectivity index (χ0n) is 7.42. The van der Waals surface area contributed by atoms with Crippen LogP contribution in [0.2, 0.25) is 0 Å². The molecule has 0 saturated heterocycles. The number of fused-ring (bicyclic) bond motifs is 1. The van der Waals surface area contributed by atoms with Gasteiger partial charge >= 0.3 is 0 Å². The van der Waals surface area contributed by atoms with E-state index >= 15 is 0 Å². The maximum absolute atomic E-state index is 11.2. The molecule has 0 bridgehead atoms. The highest BCUT2D eigenvalue weighted by Crippen LogP contribution is 2.16. The van der Waals surface area contributed by atoms with Gasteiger partial charge in [-0.1, -0.05) is 6.07 Å². The van der Waals surface area contributed by atoms with Gasteiger partial charge in [0.05, 0.1) is 0 Å². The highest BCUT2D eigenvalue weighted by Gasteiger charge is 2.10. The summed E-state index contributed by atoms with van der Waals surface area (Å²) in [6.45, 7) is 0.711. The van der Waals surface area contributed by atoms with E-state index in [1.165, 1.54) is 0 Å². The molecule has 68 valence electrons. The van der Waals surface area contributed by atoms with E-state index in [0.29, 0.717) is 25.2 Å². The molecule has 3 nitrogen and oxygen atoms in total. The first kappa shape index (κ1) is 8.23. The number of carbonyl (C=O) groups is 1. The molecule has 1 aromatic rings. The molecule has 0 unspecified atom stereocenters. The fourth-order valence-electron chi connectivity index (χ4n) is 1.52. The minimum Gasteiger partial charge on any atom is -0.369 e. The van der Waals surface area contributed by atoms with Gasteiger partial charge in [0.25, 0.3) is 0 Å². The summed E-state index contributed by atoms with van der Waals surface area (Å²) in [6.07, 6.45) is 3.86. The van der Waals surface area contributed by atoms with E-state index in [9.17, 15) is 4.79 Å². The maximum Gasteiger partial charge on any atom is 0.134 e. The number of pyridine rings is 1. The summed E-state index contributed by atoms with van der Waals surface area (Å²) in [5, 5.41) is 3.16. The molecule has 1 aliphatic rings. The molecule has 0 saturated carbocycles. The summed E-state index contributed by atoms with van der Waals surface area (Å²) in [5.74, 6) is 1.28. The summed E-state index contributed by atoms with van der Waals surface area (Å²) in [5.41, 5.74) is 1.15. The van der Waals surface area contributed by atoms with E-state index < -0.39 is 0 Å². The van der Waals surface area contributed by atoms with Crippen molar-refractivity contribution in [1.29, 1.82) is 0 Å². The van der Waals surface area contributed by atoms with Gasteiger partial charge < -0.3 is 5.32 Å². The van der Waals surface area contributed by atoms with Gasteiger partial charge in [-0.15, -0.1) is 0 Å². The second-order valence-corrected chi connectivity index (χ2v) is 3.23. The van der Waals surface area contributed by atoms with Crippen LogP contribution in [0.15, 0.2) is 18.3 Å². The molecule has 3 heteroatoms. The summed E-state index contributed by atoms with van der Waals surface area (Å²) in [7, 11) is 0. The first-order valence-electron chi connectivity index (χ1n) is 4.56. The molecule has 1 aromatic heterocycles. The number of ketones is 1. The average molecular weight is 176 g/mol. The second-order valence-electron chi connectivity index (χ2n) is 3.23. The van der Waals surface area contributed by atoms with Crippen molar-refractivity contribution in [2.45, 2.75) is 19.3 Å². The van der Waals surface area contributed by atoms with Crippen molar-refractivity contribution >= 4 is 11.6 Å². The number of nitrogens with one attached hydrogen (secondary N) is 1. The van der Waals surface area contributed by atoms with Crippen molar-refractivity contribution in [2.24, 2.45) is 0 Å². The van der Waals surface area contributed by atoms with Gasteiger partial charge in [0, 0.05) is 25.6 Å². The Bertz CT molecular complexity index is 322. The van der Waals surface area contributed by atoms with Crippen LogP contribution in [-0.4, -0.2) is 17.3 Å². The normalized spacial score (nSPS) is 16.8. The molecular formula is C10H12N2O. The number of carbonyl (C=O) groups excluding carboxylic acids is 1. The van der Waals surface area contributed by atoms with Crippen molar-refractivity contribution in [3.8, 4) is 0 Å². The molecule has 1 N–H and O–H groups in total. The van der Waals surface area contributed by atoms with Gasteiger partial charge in [0.2, 0.25) is 0 Å². The first-order valence-corrected chi connectivity index (χ1v) is 4.56. The quantitative estimate of drug-likeness (QED) is 0.649. The lowest BCUT2D eigenvalue weighted by Crippen LogP contribution is -2.15. The third-order valence-corrected chi connectivity index (χ3v) is 2.26. The Balaban J connectivity index is 2.24. The lowest BCUT2D eigenvalue weighted by atomic mass is 10.0. The molecular weight excluding hydrogens is 164 g/mol. The predicted octanol–water partition coefficient (Wildman–Crippen LogP) is 1.40. The van der Waals surface area contributed by atoms with Crippen LogP contribution in [-0.2, 0) is 11.2 Å². The highest BCUT2D eigenvalue weighted by molar-refractivity contribution is 5.79. The van der Waals surface area contributed by atoms with E-state index in [0.717, 1.165) is 17.8 Å². The van der Waals surface area contributed by atoms with Crippen LogP contribution in [0.3, 0.4) is 0 Å². The van der Waals surface area contributed by atoms with Crippen molar-refractivity contribution in [2.75, 3.05) is 11.9 Å². The molecule has 0 aromatic carbocycles. The Hall–Kier alpha value is -1.38. The molecule has 0 radical (unpaired) electrons. The van der Waals surface area contributed by atoms with Gasteiger partial charge in [0.15, 0.2) is 0 Å². The number of anilines is 1. The second kappa shape index (κ2) is 3.56. The standard InChI is InChI=1S/C10H12N2O/c13-9-4-3-8-2-1-6-11-10(8)12-7-5-9/h1-2,6H,3-5,7H2,(H,11,12). The summed E-state index contributed by atoms with van der Waals surface area (Å²) < 4.78 is 0. The number of rotatable bonds is 0. The zero-order valence-corrected chi connectivity index (χ0v) is 7.42. The fourth-order valence-corrected chi connectivity index (χ4v) is 1.52. The number of nitrogens with zero attached hydrogens (tertiary/aromatic N) is 1. The highest BCUT2D eigenvalue weighted by atomic mass is 16.1. The molecule has 1 aliphatic heterocycles. The van der Waals surface area contributed by atoms with Crippen LogP contribution >= 0.6 is 0 Å². The van der Waals surface area contributed by atoms with Gasteiger partial charge in [-0.05, 0) is 18.1 Å². The van der Waals surface area contributed by atoms with Gasteiger partial charge in [-0.3, -0.25) is 4.79 Å². The van der Waals surface area contributed by atoms with Crippen molar-refractivity contribution in [3.05, 3.63) is 23.9 Å². The lowest BCUT2D eigenvalue weighted by molar-refractivity contribution is -0.118. The molecule has 2 rings (SSSR count). The molecule has 0 amide bonds. The Labute approximate surface area is 77.2 Å². The van der Waals surface area contributed by atoms with Crippen LogP contribution in [0.4, 0.5) is 5.82 Å². The van der Waals surface area contributed by atoms with E-state index in [-0.39, 0.29) is 0 Å². The summed E-state index contributed by atoms with van der Waals surface area (Å²) >= 11 is 0. The Morgan fingerprint density at radius 2 is 2.23 bits per heavy atom. The zero-order chi connectivity index (χ0) is 9.10. The number of hydrogen-bond donors (Lipinski definition) is 1. The first-order chi connectivity index (χ1) is 6.36. The molecule has 13 heavy (non-hydrogen) atoms. The molecule has 2 heterocycles. The van der Waals surface area contributed by atoms with Crippen molar-refractivity contribution < 1.29 is 4.79 Å². The van der Waals surface area contributed by atoms with Gasteiger partial charge in [0.1, 0.15) is 11.6 Å². The van der Waals surface area contributed by atoms with Crippen LogP contribution in [0.25, 0.3) is 0 Å². The smallest absolute Gasteiger partial charge is 0.134 e. The lowest BCUT2D eigenvalue weighted by Gasteiger charge is -2.13. The van der Waals surface area contributed by atoms with Gasteiger partial charge in [-0.2, -0.15) is 0 Å². The summed E-state index contributed by atoms with van der Waals surface area (Å²) in [4.78, 5) is 15.4. The Kier molecular flexibility index (Phi) is 2.25. The average Bonchev–Trinajstić information content (AvgIpc) is 2.13. The monoisotopic (exact) mass is 176 g/mol. The predicted molar refractivity (Wildman–Crippen MR) is 50.7 cm³/mol. The maximum atomic E-state index is 11.2.